The summed E-state index contributed by atoms with van der Waals surface area (Å²) < 4.78 is 5.18. The maximum atomic E-state index is 10.6. The minimum Gasteiger partial charge on any atom is -0.481 e. The predicted molar refractivity (Wildman–Crippen MR) is 70.8 cm³/mol. The highest BCUT2D eigenvalue weighted by atomic mass is 32.1. The molecule has 0 spiro atoms. The van der Waals surface area contributed by atoms with Crippen molar-refractivity contribution in [3.63, 3.8) is 0 Å². The first-order valence-electron chi connectivity index (χ1n) is 5.98. The van der Waals surface area contributed by atoms with Crippen LogP contribution in [0.25, 0.3) is 11.5 Å². The number of aliphatic carboxylic acids is 1. The molecule has 0 saturated carbocycles. The number of carboxylic acids is 1. The Labute approximate surface area is 114 Å². The van der Waals surface area contributed by atoms with Crippen molar-refractivity contribution < 1.29 is 14.4 Å². The Balaban J connectivity index is 1.96. The van der Waals surface area contributed by atoms with Crippen molar-refractivity contribution >= 4 is 17.3 Å². The topological polar surface area (TPSA) is 79.5 Å². The molecular weight excluding hydrogens is 266 g/mol. The molecule has 0 aromatic carbocycles. The molecule has 0 aliphatic heterocycles. The van der Waals surface area contributed by atoms with Crippen LogP contribution in [0.15, 0.2) is 21.3 Å². The zero-order valence-corrected chi connectivity index (χ0v) is 11.4. The third-order valence-electron chi connectivity index (χ3n) is 2.69. The number of aromatic nitrogens is 2. The second kappa shape index (κ2) is 6.44. The van der Waals surface area contributed by atoms with E-state index >= 15 is 0 Å². The fourth-order valence-corrected chi connectivity index (χ4v) is 2.25. The predicted octanol–water partition coefficient (Wildman–Crippen LogP) is 2.09. The highest BCUT2D eigenvalue weighted by molar-refractivity contribution is 7.08. The number of carboxylic acid groups (broad SMARTS) is 1. The molecule has 2 aromatic rings. The van der Waals surface area contributed by atoms with Crippen LogP contribution < -0.4 is 0 Å². The first-order chi connectivity index (χ1) is 9.19. The van der Waals surface area contributed by atoms with E-state index in [-0.39, 0.29) is 6.42 Å². The fourth-order valence-electron chi connectivity index (χ4n) is 1.62. The fraction of sp³-hybridized carbons (Fsp3) is 0.417. The Kier molecular flexibility index (Phi) is 4.64. The number of hydrogen-bond acceptors (Lipinski definition) is 6. The molecule has 7 heteroatoms. The summed E-state index contributed by atoms with van der Waals surface area (Å²) in [5.74, 6) is 0.282. The van der Waals surface area contributed by atoms with E-state index in [1.807, 2.05) is 28.7 Å². The Morgan fingerprint density at radius 3 is 3.05 bits per heavy atom. The van der Waals surface area contributed by atoms with Crippen LogP contribution in [0, 0.1) is 0 Å². The molecule has 2 aromatic heterocycles. The lowest BCUT2D eigenvalue weighted by Gasteiger charge is -2.16. The highest BCUT2D eigenvalue weighted by Crippen LogP contribution is 2.20. The lowest BCUT2D eigenvalue weighted by Crippen LogP contribution is -2.26. The summed E-state index contributed by atoms with van der Waals surface area (Å²) >= 11 is 1.57. The van der Waals surface area contributed by atoms with E-state index in [1.165, 1.54) is 0 Å². The largest absolute Gasteiger partial charge is 0.481 e. The van der Waals surface area contributed by atoms with Gasteiger partial charge in [0.1, 0.15) is 0 Å². The summed E-state index contributed by atoms with van der Waals surface area (Å²) in [4.78, 5) is 16.8. The molecule has 0 radical (unpaired) electrons. The standard InChI is InChI=1S/C12H15N3O3S/c1-2-15(5-3-11(16)17)7-10-13-12(18-14-10)9-4-6-19-8-9/h4,6,8H,2-3,5,7H2,1H3,(H,16,17). The molecule has 2 rings (SSSR count). The highest BCUT2D eigenvalue weighted by Gasteiger charge is 2.13. The average Bonchev–Trinajstić information content (AvgIpc) is 3.04. The molecule has 2 heterocycles. The first-order valence-corrected chi connectivity index (χ1v) is 6.92. The van der Waals surface area contributed by atoms with Gasteiger partial charge in [0, 0.05) is 11.9 Å². The van der Waals surface area contributed by atoms with Crippen LogP contribution in [0.1, 0.15) is 19.2 Å². The molecule has 6 nitrogen and oxygen atoms in total. The van der Waals surface area contributed by atoms with Gasteiger partial charge in [-0.15, -0.1) is 0 Å². The van der Waals surface area contributed by atoms with Gasteiger partial charge in [-0.25, -0.2) is 0 Å². The molecule has 19 heavy (non-hydrogen) atoms. The molecule has 0 atom stereocenters. The summed E-state index contributed by atoms with van der Waals surface area (Å²) in [6.07, 6.45) is 0.114. The number of hydrogen-bond donors (Lipinski definition) is 1. The minimum atomic E-state index is -0.800. The lowest BCUT2D eigenvalue weighted by atomic mass is 10.3. The van der Waals surface area contributed by atoms with Crippen molar-refractivity contribution in [2.24, 2.45) is 0 Å². The van der Waals surface area contributed by atoms with Crippen LogP contribution >= 0.6 is 11.3 Å². The van der Waals surface area contributed by atoms with Crippen molar-refractivity contribution in [1.29, 1.82) is 0 Å². The monoisotopic (exact) mass is 281 g/mol. The molecular formula is C12H15N3O3S. The summed E-state index contributed by atoms with van der Waals surface area (Å²) in [7, 11) is 0. The van der Waals surface area contributed by atoms with Crippen molar-refractivity contribution in [3.8, 4) is 11.5 Å². The molecule has 0 amide bonds. The average molecular weight is 281 g/mol. The van der Waals surface area contributed by atoms with Crippen molar-refractivity contribution in [1.82, 2.24) is 15.0 Å². The molecule has 0 fully saturated rings. The SMILES string of the molecule is CCN(CCC(=O)O)Cc1noc(-c2ccsc2)n1. The smallest absolute Gasteiger partial charge is 0.304 e. The third-order valence-corrected chi connectivity index (χ3v) is 3.37. The Hall–Kier alpha value is -1.73. The molecule has 0 aliphatic rings. The summed E-state index contributed by atoms with van der Waals surface area (Å²) in [6, 6.07) is 1.92. The molecule has 1 N–H and O–H groups in total. The van der Waals surface area contributed by atoms with E-state index in [2.05, 4.69) is 10.1 Å². The Morgan fingerprint density at radius 2 is 2.42 bits per heavy atom. The lowest BCUT2D eigenvalue weighted by molar-refractivity contribution is -0.137. The van der Waals surface area contributed by atoms with Gasteiger partial charge in [-0.3, -0.25) is 9.69 Å². The van der Waals surface area contributed by atoms with E-state index < -0.39 is 5.97 Å². The maximum Gasteiger partial charge on any atom is 0.304 e. The number of thiophene rings is 1. The maximum absolute atomic E-state index is 10.6. The van der Waals surface area contributed by atoms with E-state index in [0.717, 1.165) is 12.1 Å². The zero-order chi connectivity index (χ0) is 13.7. The third kappa shape index (κ3) is 3.87. The van der Waals surface area contributed by atoms with E-state index in [1.54, 1.807) is 11.3 Å². The van der Waals surface area contributed by atoms with Crippen molar-refractivity contribution in [2.45, 2.75) is 19.9 Å². The van der Waals surface area contributed by atoms with Crippen molar-refractivity contribution in [3.05, 3.63) is 22.7 Å². The van der Waals surface area contributed by atoms with Gasteiger partial charge in [-0.2, -0.15) is 16.3 Å². The van der Waals surface area contributed by atoms with Crippen molar-refractivity contribution in [2.75, 3.05) is 13.1 Å². The summed E-state index contributed by atoms with van der Waals surface area (Å²) in [6.45, 7) is 3.70. The molecule has 0 saturated heterocycles. The zero-order valence-electron chi connectivity index (χ0n) is 10.6. The number of rotatable bonds is 7. The molecule has 0 bridgehead atoms. The minimum absolute atomic E-state index is 0.114. The number of nitrogens with zero attached hydrogens (tertiary/aromatic N) is 3. The van der Waals surface area contributed by atoms with Gasteiger partial charge in [0.15, 0.2) is 5.82 Å². The normalized spacial score (nSPS) is 11.1. The number of carbonyl (C=O) groups is 1. The Bertz CT molecular complexity index is 524. The molecule has 102 valence electrons. The van der Waals surface area contributed by atoms with Gasteiger partial charge in [0.25, 0.3) is 5.89 Å². The van der Waals surface area contributed by atoms with E-state index in [0.29, 0.717) is 24.8 Å². The summed E-state index contributed by atoms with van der Waals surface area (Å²) in [5, 5.41) is 16.5. The van der Waals surface area contributed by atoms with Gasteiger partial charge in [-0.1, -0.05) is 12.1 Å². The molecule has 0 unspecified atom stereocenters. The van der Waals surface area contributed by atoms with Crippen LogP contribution in [-0.4, -0.2) is 39.2 Å². The second-order valence-corrected chi connectivity index (χ2v) is 4.82. The molecule has 0 aliphatic carbocycles. The van der Waals surface area contributed by atoms with Crippen LogP contribution in [0.5, 0.6) is 0 Å². The van der Waals surface area contributed by atoms with E-state index in [4.69, 9.17) is 9.63 Å². The second-order valence-electron chi connectivity index (χ2n) is 4.04. The van der Waals surface area contributed by atoms with Gasteiger partial charge < -0.3 is 9.63 Å². The summed E-state index contributed by atoms with van der Waals surface area (Å²) in [5.41, 5.74) is 0.914. The van der Waals surface area contributed by atoms with Crippen LogP contribution in [0.3, 0.4) is 0 Å². The van der Waals surface area contributed by atoms with Crippen LogP contribution in [0.4, 0.5) is 0 Å². The van der Waals surface area contributed by atoms with E-state index in [9.17, 15) is 4.79 Å². The van der Waals surface area contributed by atoms with Crippen LogP contribution in [-0.2, 0) is 11.3 Å². The van der Waals surface area contributed by atoms with Crippen LogP contribution in [0.2, 0.25) is 0 Å². The van der Waals surface area contributed by atoms with Gasteiger partial charge in [-0.05, 0) is 18.0 Å². The first kappa shape index (κ1) is 13.7. The van der Waals surface area contributed by atoms with Gasteiger partial charge in [0.05, 0.1) is 18.5 Å². The van der Waals surface area contributed by atoms with Gasteiger partial charge in [0.2, 0.25) is 0 Å². The van der Waals surface area contributed by atoms with Gasteiger partial charge >= 0.3 is 5.97 Å². The Morgan fingerprint density at radius 1 is 1.58 bits per heavy atom. The quantitative estimate of drug-likeness (QED) is 0.837.